The van der Waals surface area contributed by atoms with E-state index in [2.05, 4.69) is 46.7 Å². The molecule has 1 atom stereocenters. The van der Waals surface area contributed by atoms with E-state index >= 15 is 0 Å². The smallest absolute Gasteiger partial charge is 0.160 e. The summed E-state index contributed by atoms with van der Waals surface area (Å²) in [6, 6.07) is 0. The Morgan fingerprint density at radius 2 is 1.94 bits per heavy atom. The maximum atomic E-state index is 5.97. The number of nitrogens with two attached hydrogens (primary N) is 1. The number of halogens is 1. The van der Waals surface area contributed by atoms with Crippen molar-refractivity contribution in [2.24, 2.45) is 5.41 Å². The molecule has 1 aliphatic carbocycles. The van der Waals surface area contributed by atoms with Crippen LogP contribution in [0.1, 0.15) is 57.2 Å². The lowest BCUT2D eigenvalue weighted by molar-refractivity contribution is 0.00859. The summed E-state index contributed by atoms with van der Waals surface area (Å²) in [5.74, 6) is 1.72. The fourth-order valence-electron chi connectivity index (χ4n) is 2.09. The molecule has 1 aromatic heterocycles. The van der Waals surface area contributed by atoms with E-state index in [1.807, 2.05) is 0 Å². The van der Waals surface area contributed by atoms with Crippen molar-refractivity contribution in [2.75, 3.05) is 12.8 Å². The zero-order valence-electron chi connectivity index (χ0n) is 11.3. The first-order valence-electron chi connectivity index (χ1n) is 6.20. The van der Waals surface area contributed by atoms with Gasteiger partial charge in [0.15, 0.2) is 5.82 Å². The average Bonchev–Trinajstić information content (AvgIpc) is 3.05. The monoisotopic (exact) mass is 313 g/mol. The molecule has 2 N–H and O–H groups in total. The molecule has 0 bridgehead atoms. The van der Waals surface area contributed by atoms with Crippen molar-refractivity contribution in [3.63, 3.8) is 0 Å². The predicted molar refractivity (Wildman–Crippen MR) is 75.3 cm³/mol. The third kappa shape index (κ3) is 2.67. The van der Waals surface area contributed by atoms with E-state index in [-0.39, 0.29) is 11.5 Å². The highest BCUT2D eigenvalue weighted by Crippen LogP contribution is 2.44. The highest BCUT2D eigenvalue weighted by molar-refractivity contribution is 9.10. The van der Waals surface area contributed by atoms with E-state index in [1.54, 1.807) is 7.11 Å². The quantitative estimate of drug-likeness (QED) is 0.928. The summed E-state index contributed by atoms with van der Waals surface area (Å²) in [5, 5.41) is 0. The maximum absolute atomic E-state index is 5.97. The van der Waals surface area contributed by atoms with Crippen LogP contribution in [0.5, 0.6) is 0 Å². The van der Waals surface area contributed by atoms with Crippen molar-refractivity contribution in [1.29, 1.82) is 0 Å². The Morgan fingerprint density at radius 3 is 2.39 bits per heavy atom. The van der Waals surface area contributed by atoms with Gasteiger partial charge >= 0.3 is 0 Å². The van der Waals surface area contributed by atoms with Gasteiger partial charge in [0, 0.05) is 13.0 Å². The lowest BCUT2D eigenvalue weighted by Crippen LogP contribution is -2.23. The number of ether oxygens (including phenoxy) is 1. The van der Waals surface area contributed by atoms with Gasteiger partial charge in [-0.05, 0) is 34.2 Å². The van der Waals surface area contributed by atoms with E-state index in [4.69, 9.17) is 10.5 Å². The topological polar surface area (TPSA) is 61.0 Å². The number of methoxy groups -OCH3 is 1. The fourth-order valence-corrected chi connectivity index (χ4v) is 2.59. The molecule has 1 saturated carbocycles. The van der Waals surface area contributed by atoms with Gasteiger partial charge in [0.2, 0.25) is 0 Å². The highest BCUT2D eigenvalue weighted by atomic mass is 79.9. The van der Waals surface area contributed by atoms with Crippen LogP contribution in [0.3, 0.4) is 0 Å². The minimum atomic E-state index is -0.148. The van der Waals surface area contributed by atoms with Gasteiger partial charge in [0.25, 0.3) is 0 Å². The van der Waals surface area contributed by atoms with Crippen LogP contribution in [0.4, 0.5) is 5.82 Å². The fraction of sp³-hybridized carbons (Fsp3) is 0.692. The summed E-state index contributed by atoms with van der Waals surface area (Å²) in [7, 11) is 1.69. The summed E-state index contributed by atoms with van der Waals surface area (Å²) in [6.07, 6.45) is 2.22. The second-order valence-electron chi connectivity index (χ2n) is 5.92. The van der Waals surface area contributed by atoms with Gasteiger partial charge in [-0.3, -0.25) is 0 Å². The molecule has 1 heterocycles. The molecule has 5 heteroatoms. The van der Waals surface area contributed by atoms with E-state index in [1.165, 1.54) is 12.8 Å². The Labute approximate surface area is 116 Å². The van der Waals surface area contributed by atoms with Crippen molar-refractivity contribution < 1.29 is 4.74 Å². The summed E-state index contributed by atoms with van der Waals surface area (Å²) >= 11 is 3.49. The molecular weight excluding hydrogens is 294 g/mol. The van der Waals surface area contributed by atoms with Crippen LogP contribution < -0.4 is 5.73 Å². The third-order valence-corrected chi connectivity index (χ3v) is 3.95. The molecule has 0 saturated heterocycles. The van der Waals surface area contributed by atoms with Crippen molar-refractivity contribution in [3.8, 4) is 0 Å². The molecule has 0 spiro atoms. The van der Waals surface area contributed by atoms with E-state index in [9.17, 15) is 0 Å². The molecule has 4 nitrogen and oxygen atoms in total. The Hall–Kier alpha value is -0.680. The third-order valence-electron chi connectivity index (χ3n) is 3.14. The number of aromatic nitrogens is 2. The van der Waals surface area contributed by atoms with Crippen molar-refractivity contribution in [1.82, 2.24) is 9.97 Å². The van der Waals surface area contributed by atoms with Crippen LogP contribution in [0.25, 0.3) is 0 Å². The molecule has 100 valence electrons. The van der Waals surface area contributed by atoms with Crippen LogP contribution in [0.2, 0.25) is 0 Å². The van der Waals surface area contributed by atoms with Gasteiger partial charge in [-0.25, -0.2) is 9.97 Å². The van der Waals surface area contributed by atoms with Gasteiger partial charge < -0.3 is 10.5 Å². The summed E-state index contributed by atoms with van der Waals surface area (Å²) in [5.41, 5.74) is 6.94. The zero-order chi connectivity index (χ0) is 13.5. The molecule has 0 aliphatic heterocycles. The van der Waals surface area contributed by atoms with Gasteiger partial charge in [0.05, 0.1) is 10.2 Å². The van der Waals surface area contributed by atoms with E-state index in [0.717, 1.165) is 10.2 Å². The van der Waals surface area contributed by atoms with Gasteiger partial charge in [0.1, 0.15) is 11.9 Å². The number of rotatable bonds is 3. The molecule has 1 aliphatic rings. The second-order valence-corrected chi connectivity index (χ2v) is 6.72. The van der Waals surface area contributed by atoms with Crippen LogP contribution in [0.15, 0.2) is 4.47 Å². The van der Waals surface area contributed by atoms with Gasteiger partial charge in [-0.1, -0.05) is 20.8 Å². The van der Waals surface area contributed by atoms with Gasteiger partial charge in [-0.2, -0.15) is 0 Å². The van der Waals surface area contributed by atoms with E-state index in [0.29, 0.717) is 17.6 Å². The zero-order valence-corrected chi connectivity index (χ0v) is 12.9. The predicted octanol–water partition coefficient (Wildman–Crippen LogP) is 3.43. The molecule has 0 aromatic carbocycles. The Kier molecular flexibility index (Phi) is 3.65. The molecule has 18 heavy (non-hydrogen) atoms. The van der Waals surface area contributed by atoms with Gasteiger partial charge in [-0.15, -0.1) is 0 Å². The van der Waals surface area contributed by atoms with Crippen molar-refractivity contribution in [3.05, 3.63) is 16.0 Å². The minimum absolute atomic E-state index is 0.0597. The molecule has 1 fully saturated rings. The Morgan fingerprint density at radius 1 is 1.33 bits per heavy atom. The minimum Gasteiger partial charge on any atom is -0.383 e. The Balaban J connectivity index is 2.44. The lowest BCUT2D eigenvalue weighted by Gasteiger charge is -2.28. The molecule has 1 aromatic rings. The highest BCUT2D eigenvalue weighted by Gasteiger charge is 2.33. The average molecular weight is 314 g/mol. The molecule has 0 radical (unpaired) electrons. The first-order chi connectivity index (χ1) is 8.34. The number of nitrogens with zero attached hydrogens (tertiary/aromatic N) is 2. The van der Waals surface area contributed by atoms with E-state index < -0.39 is 0 Å². The first-order valence-corrected chi connectivity index (χ1v) is 6.99. The molecule has 1 unspecified atom stereocenters. The normalized spacial score (nSPS) is 17.8. The lowest BCUT2D eigenvalue weighted by atomic mass is 9.88. The summed E-state index contributed by atoms with van der Waals surface area (Å²) < 4.78 is 6.40. The standard InChI is InChI=1S/C13H20BrN3O/c1-13(2,3)10(18-4)12-16-9(7-5-6-7)8(14)11(15)17-12/h7,10H,5-6H2,1-4H3,(H2,15,16,17). The van der Waals surface area contributed by atoms with Crippen LogP contribution >= 0.6 is 15.9 Å². The number of nitrogen functional groups attached to an aromatic ring is 1. The number of hydrogen-bond acceptors (Lipinski definition) is 4. The van der Waals surface area contributed by atoms with Crippen LogP contribution in [-0.4, -0.2) is 17.1 Å². The number of hydrogen-bond donors (Lipinski definition) is 1. The maximum Gasteiger partial charge on any atom is 0.160 e. The van der Waals surface area contributed by atoms with Crippen LogP contribution in [0, 0.1) is 5.41 Å². The van der Waals surface area contributed by atoms with Crippen LogP contribution in [-0.2, 0) is 4.74 Å². The Bertz CT molecular complexity index is 452. The van der Waals surface area contributed by atoms with Crippen molar-refractivity contribution >= 4 is 21.7 Å². The summed E-state index contributed by atoms with van der Waals surface area (Å²) in [6.45, 7) is 6.33. The molecule has 2 rings (SSSR count). The first kappa shape index (κ1) is 13.7. The largest absolute Gasteiger partial charge is 0.383 e. The SMILES string of the molecule is COC(c1nc(N)c(Br)c(C2CC2)n1)C(C)(C)C. The molecule has 0 amide bonds. The number of anilines is 1. The summed E-state index contributed by atoms with van der Waals surface area (Å²) in [4.78, 5) is 9.05. The molecular formula is C13H20BrN3O. The van der Waals surface area contributed by atoms with Crippen molar-refractivity contribution in [2.45, 2.75) is 45.6 Å². The second kappa shape index (κ2) is 4.78.